The van der Waals surface area contributed by atoms with E-state index >= 15 is 0 Å². The van der Waals surface area contributed by atoms with E-state index in [1.807, 2.05) is 0 Å². The Hall–Kier alpha value is -3.50. The minimum Gasteiger partial charge on any atom is -0.396 e. The van der Waals surface area contributed by atoms with Gasteiger partial charge in [-0.3, -0.25) is 0 Å². The van der Waals surface area contributed by atoms with Crippen LogP contribution in [0.1, 0.15) is 12.8 Å². The highest BCUT2D eigenvalue weighted by Crippen LogP contribution is 2.45. The standard InChI is InChI=1S/C24H18F4N6O3S2/c25-9-3-11(27)16-13(5-9)38-21(30-16)15-18(22-31-17-12(28)4-10(26)6-14(17)39-22)32-23(29)33-20(15)34-24(37)2-1-8(7-35)19(24)36/h3-6,8,19,35-37H,1-2,7H2,(H3,29,32,33,34). The first-order valence-electron chi connectivity index (χ1n) is 11.5. The number of aromatic nitrogens is 4. The molecular formula is C24H18F4N6O3S2. The molecule has 1 saturated carbocycles. The SMILES string of the molecule is Nc1nc(NC2(O)CCC(CO)C2O)c(-c2nc3c(F)cc(F)cc3s2)c(-c2nc3c(F)cc(F)cc3s2)n1. The van der Waals surface area contributed by atoms with Gasteiger partial charge in [-0.05, 0) is 25.0 Å². The van der Waals surface area contributed by atoms with Crippen LogP contribution in [0, 0.1) is 29.2 Å². The molecule has 6 rings (SSSR count). The van der Waals surface area contributed by atoms with Crippen molar-refractivity contribution in [3.63, 3.8) is 0 Å². The topological polar surface area (TPSA) is 150 Å². The number of nitrogen functional groups attached to an aromatic ring is 1. The Morgan fingerprint density at radius 2 is 1.51 bits per heavy atom. The summed E-state index contributed by atoms with van der Waals surface area (Å²) in [5.41, 5.74) is 3.83. The molecule has 5 aromatic rings. The van der Waals surface area contributed by atoms with Gasteiger partial charge >= 0.3 is 0 Å². The number of rotatable bonds is 5. The number of hydrogen-bond acceptors (Lipinski definition) is 11. The van der Waals surface area contributed by atoms with Crippen molar-refractivity contribution in [1.29, 1.82) is 0 Å². The Labute approximate surface area is 224 Å². The molecule has 1 aliphatic rings. The van der Waals surface area contributed by atoms with E-state index in [9.17, 15) is 32.9 Å². The molecule has 2 aromatic carbocycles. The van der Waals surface area contributed by atoms with Gasteiger partial charge in [-0.15, -0.1) is 22.7 Å². The normalized spacial score (nSPS) is 21.3. The number of nitrogens with zero attached hydrogens (tertiary/aromatic N) is 4. The Morgan fingerprint density at radius 1 is 0.923 bits per heavy atom. The van der Waals surface area contributed by atoms with Crippen LogP contribution in [-0.4, -0.2) is 53.7 Å². The van der Waals surface area contributed by atoms with Gasteiger partial charge in [0.25, 0.3) is 0 Å². The highest BCUT2D eigenvalue weighted by atomic mass is 32.1. The average molecular weight is 579 g/mol. The molecule has 1 aliphatic carbocycles. The van der Waals surface area contributed by atoms with Crippen LogP contribution in [0.3, 0.4) is 0 Å². The summed E-state index contributed by atoms with van der Waals surface area (Å²) < 4.78 is 57.2. The lowest BCUT2D eigenvalue weighted by Crippen LogP contribution is -2.48. The monoisotopic (exact) mass is 578 g/mol. The summed E-state index contributed by atoms with van der Waals surface area (Å²) in [7, 11) is 0. The van der Waals surface area contributed by atoms with Gasteiger partial charge in [0, 0.05) is 24.7 Å². The third-order valence-corrected chi connectivity index (χ3v) is 8.60. The molecule has 0 spiro atoms. The molecule has 9 nitrogen and oxygen atoms in total. The van der Waals surface area contributed by atoms with Crippen LogP contribution in [0.2, 0.25) is 0 Å². The van der Waals surface area contributed by atoms with Crippen LogP contribution in [0.15, 0.2) is 24.3 Å². The quantitative estimate of drug-likeness (QED) is 0.154. The first-order chi connectivity index (χ1) is 18.6. The fraction of sp³-hybridized carbons (Fsp3) is 0.250. The lowest BCUT2D eigenvalue weighted by molar-refractivity contribution is -0.0545. The Morgan fingerprint density at radius 3 is 2.10 bits per heavy atom. The predicted octanol–water partition coefficient (Wildman–Crippen LogP) is 4.03. The zero-order chi connectivity index (χ0) is 27.6. The number of aliphatic hydroxyl groups excluding tert-OH is 2. The second-order valence-corrected chi connectivity index (χ2v) is 11.2. The van der Waals surface area contributed by atoms with Crippen molar-refractivity contribution in [1.82, 2.24) is 19.9 Å². The number of benzene rings is 2. The minimum atomic E-state index is -1.95. The second kappa shape index (κ2) is 9.31. The number of anilines is 2. The Kier molecular flexibility index (Phi) is 6.15. The predicted molar refractivity (Wildman–Crippen MR) is 138 cm³/mol. The highest BCUT2D eigenvalue weighted by molar-refractivity contribution is 7.22. The summed E-state index contributed by atoms with van der Waals surface area (Å²) in [6.45, 7) is -0.369. The van der Waals surface area contributed by atoms with E-state index < -0.39 is 41.0 Å². The summed E-state index contributed by atoms with van der Waals surface area (Å²) in [5, 5.41) is 34.4. The van der Waals surface area contributed by atoms with E-state index in [1.54, 1.807) is 0 Å². The fourth-order valence-electron chi connectivity index (χ4n) is 4.68. The van der Waals surface area contributed by atoms with Crippen LogP contribution in [0.4, 0.5) is 29.3 Å². The molecule has 6 N–H and O–H groups in total. The zero-order valence-corrected chi connectivity index (χ0v) is 21.3. The van der Waals surface area contributed by atoms with E-state index in [0.29, 0.717) is 12.1 Å². The number of fused-ring (bicyclic) bond motifs is 2. The second-order valence-electron chi connectivity index (χ2n) is 9.14. The van der Waals surface area contributed by atoms with E-state index in [2.05, 4.69) is 25.3 Å². The number of aliphatic hydroxyl groups is 3. The highest BCUT2D eigenvalue weighted by Gasteiger charge is 2.47. The summed E-state index contributed by atoms with van der Waals surface area (Å²) in [5.74, 6) is -4.47. The maximum absolute atomic E-state index is 14.6. The van der Waals surface area contributed by atoms with E-state index in [-0.39, 0.29) is 72.9 Å². The van der Waals surface area contributed by atoms with Crippen molar-refractivity contribution in [2.75, 3.05) is 17.7 Å². The van der Waals surface area contributed by atoms with Gasteiger partial charge in [0.1, 0.15) is 50.3 Å². The van der Waals surface area contributed by atoms with E-state index in [0.717, 1.165) is 34.8 Å². The molecule has 3 heterocycles. The van der Waals surface area contributed by atoms with Crippen molar-refractivity contribution in [3.8, 4) is 21.3 Å². The third-order valence-electron chi connectivity index (χ3n) is 6.57. The maximum Gasteiger partial charge on any atom is 0.222 e. The molecule has 0 amide bonds. The lowest BCUT2D eigenvalue weighted by Gasteiger charge is -2.30. The van der Waals surface area contributed by atoms with Crippen LogP contribution < -0.4 is 11.1 Å². The van der Waals surface area contributed by atoms with Crippen LogP contribution in [0.5, 0.6) is 0 Å². The van der Waals surface area contributed by atoms with Gasteiger partial charge in [-0.25, -0.2) is 32.5 Å². The summed E-state index contributed by atoms with van der Waals surface area (Å²) in [6.07, 6.45) is -1.07. The number of halogens is 4. The maximum atomic E-state index is 14.6. The van der Waals surface area contributed by atoms with Crippen molar-refractivity contribution < 1.29 is 32.9 Å². The molecule has 0 bridgehead atoms. The molecular weight excluding hydrogens is 560 g/mol. The van der Waals surface area contributed by atoms with Crippen molar-refractivity contribution in [2.24, 2.45) is 5.92 Å². The van der Waals surface area contributed by atoms with Crippen molar-refractivity contribution in [3.05, 3.63) is 47.5 Å². The third kappa shape index (κ3) is 4.35. The number of thiazole rings is 2. The van der Waals surface area contributed by atoms with Gasteiger partial charge in [-0.2, -0.15) is 4.98 Å². The first kappa shape index (κ1) is 25.8. The van der Waals surface area contributed by atoms with Crippen LogP contribution in [-0.2, 0) is 0 Å². The van der Waals surface area contributed by atoms with Crippen LogP contribution in [0.25, 0.3) is 41.7 Å². The fourth-order valence-corrected chi connectivity index (χ4v) is 6.74. The lowest BCUT2D eigenvalue weighted by atomic mass is 10.0. The van der Waals surface area contributed by atoms with Gasteiger partial charge in [-0.1, -0.05) is 0 Å². The van der Waals surface area contributed by atoms with E-state index in [1.165, 1.54) is 0 Å². The molecule has 3 atom stereocenters. The molecule has 3 aromatic heterocycles. The number of nitrogens with two attached hydrogens (primary N) is 1. The number of hydrogen-bond donors (Lipinski definition) is 5. The molecule has 15 heteroatoms. The molecule has 39 heavy (non-hydrogen) atoms. The van der Waals surface area contributed by atoms with E-state index in [4.69, 9.17) is 5.73 Å². The number of nitrogens with one attached hydrogen (secondary N) is 1. The minimum absolute atomic E-state index is 0.000685. The smallest absolute Gasteiger partial charge is 0.222 e. The van der Waals surface area contributed by atoms with Gasteiger partial charge < -0.3 is 26.4 Å². The molecule has 1 fully saturated rings. The summed E-state index contributed by atoms with van der Waals surface area (Å²) in [6, 6.07) is 3.57. The Bertz CT molecular complexity index is 1770. The average Bonchev–Trinajstić information content (AvgIpc) is 3.55. The van der Waals surface area contributed by atoms with Gasteiger partial charge in [0.15, 0.2) is 17.4 Å². The van der Waals surface area contributed by atoms with Gasteiger partial charge in [0.05, 0.1) is 15.0 Å². The van der Waals surface area contributed by atoms with Crippen molar-refractivity contribution in [2.45, 2.75) is 24.7 Å². The molecule has 3 unspecified atom stereocenters. The largest absolute Gasteiger partial charge is 0.396 e. The molecule has 0 aliphatic heterocycles. The zero-order valence-electron chi connectivity index (χ0n) is 19.6. The molecule has 0 saturated heterocycles. The van der Waals surface area contributed by atoms with Crippen LogP contribution >= 0.6 is 22.7 Å². The molecule has 202 valence electrons. The first-order valence-corrected chi connectivity index (χ1v) is 13.2. The molecule has 0 radical (unpaired) electrons. The summed E-state index contributed by atoms with van der Waals surface area (Å²) >= 11 is 1.79. The van der Waals surface area contributed by atoms with Crippen molar-refractivity contribution >= 4 is 54.9 Å². The van der Waals surface area contributed by atoms with Gasteiger partial charge in [0.2, 0.25) is 5.95 Å². The Balaban J connectivity index is 1.60. The summed E-state index contributed by atoms with van der Waals surface area (Å²) in [4.78, 5) is 17.0.